The third kappa shape index (κ3) is 2.07. The summed E-state index contributed by atoms with van der Waals surface area (Å²) in [5.74, 6) is 0.882. The Morgan fingerprint density at radius 3 is 3.07 bits per heavy atom. The number of hydrogen-bond donors (Lipinski definition) is 1. The molecule has 78 valence electrons. The van der Waals surface area contributed by atoms with Gasteiger partial charge in [-0.05, 0) is 26.8 Å². The summed E-state index contributed by atoms with van der Waals surface area (Å²) in [7, 11) is 0. The zero-order valence-corrected chi connectivity index (χ0v) is 8.73. The highest BCUT2D eigenvalue weighted by molar-refractivity contribution is 5.12. The molecule has 1 aromatic heterocycles. The summed E-state index contributed by atoms with van der Waals surface area (Å²) in [6.45, 7) is 6.22. The molecule has 0 saturated carbocycles. The number of ether oxygens (including phenoxy) is 1. The first-order chi connectivity index (χ1) is 6.75. The molecule has 1 aliphatic heterocycles. The Balaban J connectivity index is 1.95. The maximum Gasteiger partial charge on any atom is 0.157 e. The zero-order chi connectivity index (χ0) is 9.97. The van der Waals surface area contributed by atoms with Crippen molar-refractivity contribution in [1.82, 2.24) is 15.1 Å². The Morgan fingerprint density at radius 1 is 1.64 bits per heavy atom. The van der Waals surface area contributed by atoms with Crippen LogP contribution in [0.4, 0.5) is 0 Å². The lowest BCUT2D eigenvalue weighted by molar-refractivity contribution is 0.222. The minimum Gasteiger partial charge on any atom is -0.486 e. The van der Waals surface area contributed by atoms with E-state index in [1.807, 2.05) is 10.9 Å². The highest BCUT2D eigenvalue weighted by Crippen LogP contribution is 2.15. The van der Waals surface area contributed by atoms with E-state index in [-0.39, 0.29) is 0 Å². The van der Waals surface area contributed by atoms with Gasteiger partial charge in [-0.1, -0.05) is 0 Å². The van der Waals surface area contributed by atoms with Gasteiger partial charge in [0.05, 0.1) is 12.4 Å². The predicted octanol–water partition coefficient (Wildman–Crippen LogP) is 1.20. The van der Waals surface area contributed by atoms with E-state index in [9.17, 15) is 0 Å². The maximum absolute atomic E-state index is 5.76. The number of rotatable bonds is 3. The lowest BCUT2D eigenvalue weighted by Crippen LogP contribution is -2.19. The van der Waals surface area contributed by atoms with E-state index in [2.05, 4.69) is 24.3 Å². The van der Waals surface area contributed by atoms with E-state index >= 15 is 0 Å². The van der Waals surface area contributed by atoms with Crippen LogP contribution in [0.5, 0.6) is 5.75 Å². The van der Waals surface area contributed by atoms with E-state index < -0.39 is 0 Å². The number of hydrogen-bond acceptors (Lipinski definition) is 3. The van der Waals surface area contributed by atoms with E-state index in [4.69, 9.17) is 4.74 Å². The van der Waals surface area contributed by atoms with Crippen LogP contribution in [0.25, 0.3) is 0 Å². The Morgan fingerprint density at radius 2 is 2.50 bits per heavy atom. The second-order valence-electron chi connectivity index (χ2n) is 3.98. The molecule has 0 spiro atoms. The van der Waals surface area contributed by atoms with Crippen LogP contribution >= 0.6 is 0 Å². The molecule has 14 heavy (non-hydrogen) atoms. The second kappa shape index (κ2) is 4.00. The van der Waals surface area contributed by atoms with Crippen LogP contribution in [-0.2, 0) is 0 Å². The van der Waals surface area contributed by atoms with Crippen molar-refractivity contribution in [2.24, 2.45) is 0 Å². The van der Waals surface area contributed by atoms with Crippen LogP contribution in [0, 0.1) is 0 Å². The zero-order valence-electron chi connectivity index (χ0n) is 8.73. The van der Waals surface area contributed by atoms with Crippen LogP contribution in [0.2, 0.25) is 0 Å². The topological polar surface area (TPSA) is 39.1 Å². The van der Waals surface area contributed by atoms with E-state index in [1.54, 1.807) is 6.20 Å². The Labute approximate surface area is 84.3 Å². The summed E-state index contributed by atoms with van der Waals surface area (Å²) in [5.41, 5.74) is 0. The molecule has 0 aromatic carbocycles. The molecule has 0 unspecified atom stereocenters. The molecule has 4 heteroatoms. The summed E-state index contributed by atoms with van der Waals surface area (Å²) < 4.78 is 7.67. The van der Waals surface area contributed by atoms with Crippen molar-refractivity contribution in [1.29, 1.82) is 0 Å². The molecule has 1 atom stereocenters. The van der Waals surface area contributed by atoms with Crippen molar-refractivity contribution >= 4 is 0 Å². The van der Waals surface area contributed by atoms with Gasteiger partial charge in [0.25, 0.3) is 0 Å². The molecule has 0 bridgehead atoms. The standard InChI is InChI=1S/C10H17N3O/c1-8(2)13-7-10(6-12-13)14-9-3-4-11-5-9/h6-9,11H,3-5H2,1-2H3/t9-/m0/s1. The van der Waals surface area contributed by atoms with Gasteiger partial charge < -0.3 is 10.1 Å². The Bertz CT molecular complexity index is 289. The van der Waals surface area contributed by atoms with Gasteiger partial charge in [0.15, 0.2) is 5.75 Å². The van der Waals surface area contributed by atoms with Gasteiger partial charge in [0, 0.05) is 12.6 Å². The van der Waals surface area contributed by atoms with Crippen LogP contribution in [0.15, 0.2) is 12.4 Å². The number of nitrogens with one attached hydrogen (secondary N) is 1. The average molecular weight is 195 g/mol. The fourth-order valence-electron chi connectivity index (χ4n) is 1.59. The van der Waals surface area contributed by atoms with Crippen molar-refractivity contribution in [3.63, 3.8) is 0 Å². The van der Waals surface area contributed by atoms with Gasteiger partial charge in [-0.3, -0.25) is 4.68 Å². The van der Waals surface area contributed by atoms with Gasteiger partial charge in [-0.25, -0.2) is 0 Å². The minimum absolute atomic E-state index is 0.319. The van der Waals surface area contributed by atoms with Crippen LogP contribution in [0.3, 0.4) is 0 Å². The molecule has 4 nitrogen and oxygen atoms in total. The first-order valence-corrected chi connectivity index (χ1v) is 5.17. The Kier molecular flexibility index (Phi) is 2.72. The molecule has 1 fully saturated rings. The first-order valence-electron chi connectivity index (χ1n) is 5.17. The lowest BCUT2D eigenvalue weighted by Gasteiger charge is -2.09. The molecule has 1 N–H and O–H groups in total. The largest absolute Gasteiger partial charge is 0.486 e. The molecule has 2 heterocycles. The minimum atomic E-state index is 0.319. The van der Waals surface area contributed by atoms with Crippen molar-refractivity contribution in [2.45, 2.75) is 32.4 Å². The summed E-state index contributed by atoms with van der Waals surface area (Å²) in [6.07, 6.45) is 5.16. The van der Waals surface area contributed by atoms with E-state index in [0.29, 0.717) is 12.1 Å². The van der Waals surface area contributed by atoms with Gasteiger partial charge >= 0.3 is 0 Å². The first kappa shape index (κ1) is 9.52. The van der Waals surface area contributed by atoms with E-state index in [1.165, 1.54) is 0 Å². The van der Waals surface area contributed by atoms with E-state index in [0.717, 1.165) is 25.3 Å². The van der Waals surface area contributed by atoms with Crippen LogP contribution in [-0.4, -0.2) is 29.0 Å². The smallest absolute Gasteiger partial charge is 0.157 e. The molecule has 0 aliphatic carbocycles. The third-order valence-electron chi connectivity index (χ3n) is 2.42. The van der Waals surface area contributed by atoms with Crippen LogP contribution < -0.4 is 10.1 Å². The summed E-state index contributed by atoms with van der Waals surface area (Å²) in [6, 6.07) is 0.397. The normalized spacial score (nSPS) is 21.8. The van der Waals surface area contributed by atoms with Crippen LogP contribution in [0.1, 0.15) is 26.3 Å². The lowest BCUT2D eigenvalue weighted by atomic mass is 10.3. The highest BCUT2D eigenvalue weighted by atomic mass is 16.5. The van der Waals surface area contributed by atoms with Gasteiger partial charge in [0.2, 0.25) is 0 Å². The van der Waals surface area contributed by atoms with Gasteiger partial charge in [-0.2, -0.15) is 5.10 Å². The molecule has 1 aliphatic rings. The summed E-state index contributed by atoms with van der Waals surface area (Å²) in [5, 5.41) is 7.50. The fraction of sp³-hybridized carbons (Fsp3) is 0.700. The van der Waals surface area contributed by atoms with Gasteiger partial charge in [0.1, 0.15) is 6.10 Å². The van der Waals surface area contributed by atoms with Crippen molar-refractivity contribution < 1.29 is 4.74 Å². The molecule has 0 radical (unpaired) electrons. The summed E-state index contributed by atoms with van der Waals surface area (Å²) in [4.78, 5) is 0. The molecule has 1 saturated heterocycles. The Hall–Kier alpha value is -1.03. The average Bonchev–Trinajstić information content (AvgIpc) is 2.75. The molecule has 2 rings (SSSR count). The summed E-state index contributed by atoms with van der Waals surface area (Å²) >= 11 is 0. The van der Waals surface area contributed by atoms with Crippen molar-refractivity contribution in [3.05, 3.63) is 12.4 Å². The molecule has 0 amide bonds. The predicted molar refractivity (Wildman–Crippen MR) is 54.5 cm³/mol. The third-order valence-corrected chi connectivity index (χ3v) is 2.42. The number of aromatic nitrogens is 2. The SMILES string of the molecule is CC(C)n1cc(O[C@H]2CCNC2)cn1. The van der Waals surface area contributed by atoms with Crippen molar-refractivity contribution in [2.75, 3.05) is 13.1 Å². The monoisotopic (exact) mass is 195 g/mol. The number of nitrogens with zero attached hydrogens (tertiary/aromatic N) is 2. The second-order valence-corrected chi connectivity index (χ2v) is 3.98. The fourth-order valence-corrected chi connectivity index (χ4v) is 1.59. The molecular weight excluding hydrogens is 178 g/mol. The molecule has 1 aromatic rings. The van der Waals surface area contributed by atoms with Gasteiger partial charge in [-0.15, -0.1) is 0 Å². The molecular formula is C10H17N3O. The highest BCUT2D eigenvalue weighted by Gasteiger charge is 2.16. The maximum atomic E-state index is 5.76. The van der Waals surface area contributed by atoms with Crippen molar-refractivity contribution in [3.8, 4) is 5.75 Å². The quantitative estimate of drug-likeness (QED) is 0.787.